The molecule has 0 radical (unpaired) electrons. The van der Waals surface area contributed by atoms with Crippen molar-refractivity contribution in [3.05, 3.63) is 23.5 Å². The van der Waals surface area contributed by atoms with E-state index in [1.165, 1.54) is 6.07 Å². The van der Waals surface area contributed by atoms with Crippen LogP contribution in [0.5, 0.6) is 0 Å². The number of aliphatic hydroxyl groups is 1. The lowest BCUT2D eigenvalue weighted by atomic mass is 9.93. The molecule has 0 saturated carbocycles. The molecule has 1 aliphatic rings. The van der Waals surface area contributed by atoms with Crippen LogP contribution < -0.4 is 10.6 Å². The number of nitrogen functional groups attached to an aromatic ring is 1. The fraction of sp³-hybridized carbons (Fsp3) is 0.538. The van der Waals surface area contributed by atoms with Gasteiger partial charge in [-0.2, -0.15) is 0 Å². The highest BCUT2D eigenvalue weighted by Gasteiger charge is 2.28. The van der Waals surface area contributed by atoms with Crippen molar-refractivity contribution in [1.29, 1.82) is 0 Å². The van der Waals surface area contributed by atoms with Crippen molar-refractivity contribution in [3.8, 4) is 0 Å². The maximum absolute atomic E-state index is 13.3. The quantitative estimate of drug-likeness (QED) is 0.736. The van der Waals surface area contributed by atoms with E-state index in [2.05, 4.69) is 4.90 Å². The van der Waals surface area contributed by atoms with Crippen molar-refractivity contribution >= 4 is 11.4 Å². The van der Waals surface area contributed by atoms with Gasteiger partial charge in [-0.15, -0.1) is 0 Å². The summed E-state index contributed by atoms with van der Waals surface area (Å²) in [6, 6.07) is 3.15. The number of hydrogen-bond donors (Lipinski definition) is 2. The van der Waals surface area contributed by atoms with Crippen LogP contribution in [0.3, 0.4) is 0 Å². The third-order valence-electron chi connectivity index (χ3n) is 3.49. The van der Waals surface area contributed by atoms with E-state index in [1.54, 1.807) is 13.0 Å². The summed E-state index contributed by atoms with van der Waals surface area (Å²) in [5, 5.41) is 9.89. The normalized spacial score (nSPS) is 19.4. The second-order valence-electron chi connectivity index (χ2n) is 5.14. The summed E-state index contributed by atoms with van der Waals surface area (Å²) in [6.07, 6.45) is 1.42. The molecule has 1 saturated heterocycles. The molecule has 17 heavy (non-hydrogen) atoms. The Hall–Kier alpha value is -1.29. The van der Waals surface area contributed by atoms with Crippen molar-refractivity contribution in [2.24, 2.45) is 0 Å². The van der Waals surface area contributed by atoms with Gasteiger partial charge in [0.2, 0.25) is 0 Å². The lowest BCUT2D eigenvalue weighted by Gasteiger charge is -2.37. The zero-order valence-corrected chi connectivity index (χ0v) is 10.3. The van der Waals surface area contributed by atoms with Gasteiger partial charge in [-0.25, -0.2) is 4.39 Å². The summed E-state index contributed by atoms with van der Waals surface area (Å²) in [7, 11) is 0. The largest absolute Gasteiger partial charge is 0.397 e. The molecule has 0 unspecified atom stereocenters. The van der Waals surface area contributed by atoms with E-state index >= 15 is 0 Å². The van der Waals surface area contributed by atoms with Gasteiger partial charge in [-0.05, 0) is 44.4 Å². The van der Waals surface area contributed by atoms with E-state index in [-0.39, 0.29) is 5.82 Å². The van der Waals surface area contributed by atoms with Crippen LogP contribution in [0, 0.1) is 12.7 Å². The molecule has 94 valence electrons. The van der Waals surface area contributed by atoms with E-state index in [1.807, 2.05) is 6.92 Å². The minimum absolute atomic E-state index is 0.268. The van der Waals surface area contributed by atoms with E-state index in [0.717, 1.165) is 18.8 Å². The van der Waals surface area contributed by atoms with Crippen molar-refractivity contribution < 1.29 is 9.50 Å². The van der Waals surface area contributed by atoms with Crippen LogP contribution in [-0.2, 0) is 0 Å². The number of benzene rings is 1. The van der Waals surface area contributed by atoms with Crippen molar-refractivity contribution in [2.45, 2.75) is 32.3 Å². The SMILES string of the molecule is Cc1cc(N2CCC(C)(O)CC2)c(N)cc1F. The van der Waals surface area contributed by atoms with Crippen LogP contribution in [0.4, 0.5) is 15.8 Å². The van der Waals surface area contributed by atoms with Gasteiger partial charge in [-0.3, -0.25) is 0 Å². The van der Waals surface area contributed by atoms with Gasteiger partial charge in [0.25, 0.3) is 0 Å². The molecule has 1 heterocycles. The Kier molecular flexibility index (Phi) is 3.00. The van der Waals surface area contributed by atoms with Gasteiger partial charge in [-0.1, -0.05) is 0 Å². The molecule has 1 fully saturated rings. The molecule has 1 aromatic rings. The first-order chi connectivity index (χ1) is 7.89. The third kappa shape index (κ3) is 2.52. The first-order valence-corrected chi connectivity index (χ1v) is 5.92. The Bertz CT molecular complexity index is 422. The number of anilines is 2. The standard InChI is InChI=1S/C13H19FN2O/c1-9-7-12(11(15)8-10(9)14)16-5-3-13(2,17)4-6-16/h7-8,17H,3-6,15H2,1-2H3. The summed E-state index contributed by atoms with van der Waals surface area (Å²) in [6.45, 7) is 5.09. The van der Waals surface area contributed by atoms with E-state index in [9.17, 15) is 9.50 Å². The first-order valence-electron chi connectivity index (χ1n) is 5.92. The topological polar surface area (TPSA) is 49.5 Å². The molecular weight excluding hydrogens is 219 g/mol. The van der Waals surface area contributed by atoms with E-state index in [0.29, 0.717) is 24.1 Å². The van der Waals surface area contributed by atoms with E-state index in [4.69, 9.17) is 5.73 Å². The Morgan fingerprint density at radius 2 is 1.94 bits per heavy atom. The second-order valence-corrected chi connectivity index (χ2v) is 5.14. The van der Waals surface area contributed by atoms with E-state index < -0.39 is 5.60 Å². The van der Waals surface area contributed by atoms with Crippen LogP contribution >= 0.6 is 0 Å². The summed E-state index contributed by atoms with van der Waals surface area (Å²) < 4.78 is 13.3. The molecule has 3 N–H and O–H groups in total. The molecule has 0 bridgehead atoms. The molecule has 0 atom stereocenters. The second kappa shape index (κ2) is 4.18. The maximum atomic E-state index is 13.3. The summed E-state index contributed by atoms with van der Waals surface area (Å²) in [4.78, 5) is 2.11. The van der Waals surface area contributed by atoms with Gasteiger partial charge in [0.15, 0.2) is 0 Å². The molecular formula is C13H19FN2O. The number of rotatable bonds is 1. The lowest BCUT2D eigenvalue weighted by molar-refractivity contribution is 0.0351. The highest BCUT2D eigenvalue weighted by molar-refractivity contribution is 5.69. The molecule has 3 nitrogen and oxygen atoms in total. The molecule has 0 aliphatic carbocycles. The number of aryl methyl sites for hydroxylation is 1. The van der Waals surface area contributed by atoms with Crippen molar-refractivity contribution in [3.63, 3.8) is 0 Å². The Balaban J connectivity index is 2.21. The van der Waals surface area contributed by atoms with Crippen LogP contribution in [0.2, 0.25) is 0 Å². The average Bonchev–Trinajstić information content (AvgIpc) is 2.24. The summed E-state index contributed by atoms with van der Waals surface area (Å²) in [5.74, 6) is -0.268. The number of nitrogens with two attached hydrogens (primary N) is 1. The minimum Gasteiger partial charge on any atom is -0.397 e. The fourth-order valence-electron chi connectivity index (χ4n) is 2.18. The number of piperidine rings is 1. The third-order valence-corrected chi connectivity index (χ3v) is 3.49. The monoisotopic (exact) mass is 238 g/mol. The zero-order valence-electron chi connectivity index (χ0n) is 10.3. The van der Waals surface area contributed by atoms with Gasteiger partial charge < -0.3 is 15.7 Å². The zero-order chi connectivity index (χ0) is 12.6. The average molecular weight is 238 g/mol. The first kappa shape index (κ1) is 12.2. The van der Waals surface area contributed by atoms with Gasteiger partial charge in [0, 0.05) is 13.1 Å². The molecule has 1 aromatic carbocycles. The fourth-order valence-corrected chi connectivity index (χ4v) is 2.18. The number of hydrogen-bond acceptors (Lipinski definition) is 3. The van der Waals surface area contributed by atoms with Crippen LogP contribution in [0.25, 0.3) is 0 Å². The number of halogens is 1. The Labute approximate surface area is 101 Å². The molecule has 0 amide bonds. The summed E-state index contributed by atoms with van der Waals surface area (Å²) >= 11 is 0. The smallest absolute Gasteiger partial charge is 0.128 e. The van der Waals surface area contributed by atoms with Crippen LogP contribution in [0.1, 0.15) is 25.3 Å². The van der Waals surface area contributed by atoms with Gasteiger partial charge >= 0.3 is 0 Å². The Morgan fingerprint density at radius 1 is 1.35 bits per heavy atom. The van der Waals surface area contributed by atoms with Crippen molar-refractivity contribution in [2.75, 3.05) is 23.7 Å². The highest BCUT2D eigenvalue weighted by Crippen LogP contribution is 2.31. The van der Waals surface area contributed by atoms with Crippen LogP contribution in [0.15, 0.2) is 12.1 Å². The minimum atomic E-state index is -0.583. The summed E-state index contributed by atoms with van der Waals surface area (Å²) in [5.41, 5.74) is 7.21. The van der Waals surface area contributed by atoms with Crippen molar-refractivity contribution in [1.82, 2.24) is 0 Å². The molecule has 0 aromatic heterocycles. The predicted octanol–water partition coefficient (Wildman–Crippen LogP) is 2.07. The maximum Gasteiger partial charge on any atom is 0.128 e. The molecule has 1 aliphatic heterocycles. The number of nitrogens with zero attached hydrogens (tertiary/aromatic N) is 1. The lowest BCUT2D eigenvalue weighted by Crippen LogP contribution is -2.42. The predicted molar refractivity (Wildman–Crippen MR) is 67.6 cm³/mol. The molecule has 4 heteroatoms. The molecule has 2 rings (SSSR count). The van der Waals surface area contributed by atoms with Gasteiger partial charge in [0.1, 0.15) is 5.82 Å². The highest BCUT2D eigenvalue weighted by atomic mass is 19.1. The molecule has 0 spiro atoms. The van der Waals surface area contributed by atoms with Gasteiger partial charge in [0.05, 0.1) is 17.0 Å². The Morgan fingerprint density at radius 3 is 2.53 bits per heavy atom. The van der Waals surface area contributed by atoms with Crippen LogP contribution in [-0.4, -0.2) is 23.8 Å².